The fourth-order valence-electron chi connectivity index (χ4n) is 2.50. The molecule has 1 aliphatic rings. The first-order chi connectivity index (χ1) is 10.4. The first-order valence-corrected chi connectivity index (χ1v) is 9.98. The maximum absolute atomic E-state index is 13.1. The van der Waals surface area contributed by atoms with Gasteiger partial charge in [-0.3, -0.25) is 0 Å². The van der Waals surface area contributed by atoms with Crippen LogP contribution in [0.3, 0.4) is 0 Å². The number of rotatable bonds is 3. The Morgan fingerprint density at radius 3 is 2.68 bits per heavy atom. The Bertz CT molecular complexity index is 945. The van der Waals surface area contributed by atoms with Crippen molar-refractivity contribution >= 4 is 19.8 Å². The van der Waals surface area contributed by atoms with Gasteiger partial charge in [-0.1, -0.05) is 30.3 Å². The minimum absolute atomic E-state index is 0.203. The van der Waals surface area contributed by atoms with Crippen LogP contribution >= 0.6 is 0 Å². The molecule has 0 saturated heterocycles. The van der Waals surface area contributed by atoms with E-state index in [1.165, 1.54) is 18.2 Å². The predicted octanol–water partition coefficient (Wildman–Crippen LogP) is 2.74. The molecular weight excluding hydrogens is 325 g/mol. The van der Waals surface area contributed by atoms with Crippen molar-refractivity contribution in [2.75, 3.05) is 5.75 Å². The molecule has 1 aliphatic heterocycles. The van der Waals surface area contributed by atoms with Gasteiger partial charge in [-0.25, -0.2) is 17.0 Å². The molecule has 4 nitrogen and oxygen atoms in total. The lowest BCUT2D eigenvalue weighted by Crippen LogP contribution is -2.08. The van der Waals surface area contributed by atoms with Crippen LogP contribution in [0.4, 0.5) is 4.39 Å². The van der Waals surface area contributed by atoms with Crippen LogP contribution in [0.5, 0.6) is 0 Å². The molecule has 0 amide bonds. The van der Waals surface area contributed by atoms with Crippen LogP contribution in [-0.2, 0) is 31.9 Å². The normalized spacial score (nSPS) is 20.6. The third-order valence-electron chi connectivity index (χ3n) is 3.44. The second-order valence-electron chi connectivity index (χ2n) is 5.13. The number of fused-ring (bicyclic) bond motifs is 1. The maximum atomic E-state index is 13.1. The highest BCUT2D eigenvalue weighted by atomic mass is 32.3. The molecule has 0 N–H and O–H groups in total. The summed E-state index contributed by atoms with van der Waals surface area (Å²) >= 11 is 0. The van der Waals surface area contributed by atoms with E-state index in [0.717, 1.165) is 11.6 Å². The van der Waals surface area contributed by atoms with Gasteiger partial charge < -0.3 is 0 Å². The van der Waals surface area contributed by atoms with Gasteiger partial charge in [0.05, 0.1) is 20.4 Å². The Morgan fingerprint density at radius 2 is 1.91 bits per heavy atom. The van der Waals surface area contributed by atoms with Crippen molar-refractivity contribution in [3.05, 3.63) is 65.5 Å². The molecule has 0 spiro atoms. The summed E-state index contributed by atoms with van der Waals surface area (Å²) in [4.78, 5) is 0.498. The van der Waals surface area contributed by atoms with Crippen molar-refractivity contribution in [2.24, 2.45) is 3.77 Å². The van der Waals surface area contributed by atoms with Gasteiger partial charge in [0.2, 0.25) is 0 Å². The summed E-state index contributed by atoms with van der Waals surface area (Å²) in [6, 6.07) is 12.4. The van der Waals surface area contributed by atoms with Crippen LogP contribution < -0.4 is 0 Å². The second-order valence-corrected chi connectivity index (χ2v) is 9.31. The molecule has 3 rings (SSSR count). The lowest BCUT2D eigenvalue weighted by Gasteiger charge is -2.05. The summed E-state index contributed by atoms with van der Waals surface area (Å²) in [6.07, 6.45) is 0.550. The molecule has 2 aromatic carbocycles. The van der Waals surface area contributed by atoms with Gasteiger partial charge in [0.25, 0.3) is 10.0 Å². The number of aryl methyl sites for hydroxylation is 1. The van der Waals surface area contributed by atoms with Crippen molar-refractivity contribution in [2.45, 2.75) is 17.1 Å². The topological polar surface area (TPSA) is 63.6 Å². The lowest BCUT2D eigenvalue weighted by atomic mass is 10.2. The largest absolute Gasteiger partial charge is 0.265 e. The summed E-state index contributed by atoms with van der Waals surface area (Å²) in [5.41, 5.74) is 1.16. The van der Waals surface area contributed by atoms with E-state index in [2.05, 4.69) is 3.77 Å². The summed E-state index contributed by atoms with van der Waals surface area (Å²) in [5.74, 6) is -0.762. The molecule has 0 saturated carbocycles. The molecule has 0 bridgehead atoms. The SMILES string of the molecule is O=S(=O)(Cc1cccc(F)c1)N=S1(=O)CCc2ccccc21. The molecule has 22 heavy (non-hydrogen) atoms. The summed E-state index contributed by atoms with van der Waals surface area (Å²) in [6.45, 7) is 0. The van der Waals surface area contributed by atoms with Gasteiger partial charge in [-0.2, -0.15) is 0 Å². The summed E-state index contributed by atoms with van der Waals surface area (Å²) in [5, 5.41) is 0. The zero-order valence-electron chi connectivity index (χ0n) is 11.6. The summed E-state index contributed by atoms with van der Waals surface area (Å²) < 4.78 is 54.1. The Balaban J connectivity index is 1.99. The standard InChI is InChI=1S/C15H14FNO3S2/c16-14-6-3-4-12(10-14)11-22(19,20)17-21(18)9-8-13-5-1-2-7-15(13)21/h1-7,10H,8-9,11H2. The highest BCUT2D eigenvalue weighted by Crippen LogP contribution is 2.28. The number of sulfonamides is 1. The van der Waals surface area contributed by atoms with Crippen LogP contribution in [0, 0.1) is 5.82 Å². The predicted molar refractivity (Wildman–Crippen MR) is 82.9 cm³/mol. The monoisotopic (exact) mass is 339 g/mol. The Morgan fingerprint density at radius 1 is 1.14 bits per heavy atom. The highest BCUT2D eigenvalue weighted by Gasteiger charge is 2.27. The van der Waals surface area contributed by atoms with Crippen LogP contribution in [0.15, 0.2) is 57.2 Å². The van der Waals surface area contributed by atoms with Crippen molar-refractivity contribution in [3.63, 3.8) is 0 Å². The van der Waals surface area contributed by atoms with E-state index in [1.807, 2.05) is 12.1 Å². The Hall–Kier alpha value is -1.73. The van der Waals surface area contributed by atoms with Gasteiger partial charge in [-0.05, 0) is 35.7 Å². The first-order valence-electron chi connectivity index (χ1n) is 6.69. The molecular formula is C15H14FNO3S2. The number of nitrogens with zero attached hydrogens (tertiary/aromatic N) is 1. The Kier molecular flexibility index (Phi) is 3.78. The number of benzene rings is 2. The van der Waals surface area contributed by atoms with Crippen LogP contribution in [0.1, 0.15) is 11.1 Å². The first kappa shape index (κ1) is 15.2. The third kappa shape index (κ3) is 3.05. The lowest BCUT2D eigenvalue weighted by molar-refractivity contribution is 0.596. The summed E-state index contributed by atoms with van der Waals surface area (Å²) in [7, 11) is -6.91. The molecule has 2 aromatic rings. The number of hydrogen-bond donors (Lipinski definition) is 0. The van der Waals surface area contributed by atoms with Crippen molar-refractivity contribution in [1.29, 1.82) is 0 Å². The highest BCUT2D eigenvalue weighted by molar-refractivity contribution is 8.03. The molecule has 0 aromatic heterocycles. The molecule has 0 radical (unpaired) electrons. The van der Waals surface area contributed by atoms with E-state index in [1.54, 1.807) is 12.1 Å². The van der Waals surface area contributed by atoms with Crippen LogP contribution in [0.25, 0.3) is 0 Å². The molecule has 1 heterocycles. The zero-order valence-corrected chi connectivity index (χ0v) is 13.2. The van der Waals surface area contributed by atoms with Crippen molar-refractivity contribution in [1.82, 2.24) is 0 Å². The average Bonchev–Trinajstić information content (AvgIpc) is 2.75. The van der Waals surface area contributed by atoms with E-state index in [9.17, 15) is 17.0 Å². The van der Waals surface area contributed by atoms with Gasteiger partial charge in [0, 0.05) is 5.75 Å². The van der Waals surface area contributed by atoms with E-state index in [-0.39, 0.29) is 11.3 Å². The van der Waals surface area contributed by atoms with E-state index in [0.29, 0.717) is 11.3 Å². The van der Waals surface area contributed by atoms with Crippen molar-refractivity contribution in [3.8, 4) is 0 Å². The van der Waals surface area contributed by atoms with E-state index in [4.69, 9.17) is 0 Å². The molecule has 1 unspecified atom stereocenters. The van der Waals surface area contributed by atoms with Crippen molar-refractivity contribution < 1.29 is 17.0 Å². The molecule has 1 atom stereocenters. The van der Waals surface area contributed by atoms with Gasteiger partial charge in [-0.15, -0.1) is 3.77 Å². The number of hydrogen-bond acceptors (Lipinski definition) is 3. The quantitative estimate of drug-likeness (QED) is 0.864. The molecule has 0 aliphatic carbocycles. The average molecular weight is 339 g/mol. The van der Waals surface area contributed by atoms with Crippen LogP contribution in [0.2, 0.25) is 0 Å². The second kappa shape index (κ2) is 5.48. The van der Waals surface area contributed by atoms with Gasteiger partial charge in [0.15, 0.2) is 0 Å². The van der Waals surface area contributed by atoms with Gasteiger partial charge >= 0.3 is 0 Å². The minimum Gasteiger partial charge on any atom is -0.244 e. The molecule has 0 fully saturated rings. The smallest absolute Gasteiger partial charge is 0.244 e. The zero-order chi connectivity index (χ0) is 15.8. The van der Waals surface area contributed by atoms with Crippen LogP contribution in [-0.4, -0.2) is 18.4 Å². The number of halogens is 1. The fourth-order valence-corrected chi connectivity index (χ4v) is 6.99. The molecule has 116 valence electrons. The minimum atomic E-state index is -3.95. The molecule has 7 heteroatoms. The van der Waals surface area contributed by atoms with Gasteiger partial charge in [0.1, 0.15) is 5.82 Å². The van der Waals surface area contributed by atoms with E-state index < -0.39 is 31.3 Å². The van der Waals surface area contributed by atoms with E-state index >= 15 is 0 Å². The third-order valence-corrected chi connectivity index (χ3v) is 7.85. The fraction of sp³-hybridized carbons (Fsp3) is 0.200. The Labute approximate surface area is 129 Å². The maximum Gasteiger partial charge on any atom is 0.265 e.